The van der Waals surface area contributed by atoms with E-state index in [9.17, 15) is 9.59 Å². The van der Waals surface area contributed by atoms with Crippen molar-refractivity contribution in [2.75, 3.05) is 13.1 Å². The van der Waals surface area contributed by atoms with Crippen LogP contribution in [0.1, 0.15) is 40.5 Å². The van der Waals surface area contributed by atoms with Gasteiger partial charge in [-0.2, -0.15) is 0 Å². The maximum absolute atomic E-state index is 12.2. The highest BCUT2D eigenvalue weighted by atomic mass is 16.3. The van der Waals surface area contributed by atoms with Gasteiger partial charge in [0.25, 0.3) is 11.8 Å². The Balaban J connectivity index is 2.07. The lowest BCUT2D eigenvalue weighted by atomic mass is 10.2. The monoisotopic (exact) mass is 301 g/mol. The molecule has 0 saturated heterocycles. The van der Waals surface area contributed by atoms with Gasteiger partial charge in [-0.15, -0.1) is 0 Å². The largest absolute Gasteiger partial charge is 0.467 e. The molecule has 2 amide bonds. The van der Waals surface area contributed by atoms with E-state index in [-0.39, 0.29) is 17.5 Å². The molecule has 0 atom stereocenters. The topological polar surface area (TPSA) is 75.4 Å². The van der Waals surface area contributed by atoms with Gasteiger partial charge in [-0.25, -0.2) is 0 Å². The first-order valence-corrected chi connectivity index (χ1v) is 7.21. The number of amides is 2. The van der Waals surface area contributed by atoms with Crippen molar-refractivity contribution in [2.24, 2.45) is 0 Å². The lowest BCUT2D eigenvalue weighted by Crippen LogP contribution is -2.31. The second-order valence-corrected chi connectivity index (χ2v) is 4.67. The average molecular weight is 301 g/mol. The maximum Gasteiger partial charge on any atom is 0.272 e. The second-order valence-electron chi connectivity index (χ2n) is 4.67. The molecular weight excluding hydrogens is 282 g/mol. The summed E-state index contributed by atoms with van der Waals surface area (Å²) in [6, 6.07) is 6.63. The summed E-state index contributed by atoms with van der Waals surface area (Å²) in [5, 5.41) is 2.74. The molecule has 22 heavy (non-hydrogen) atoms. The third-order valence-electron chi connectivity index (χ3n) is 3.30. The number of carbonyl (C=O) groups excluding carboxylic acids is 2. The predicted molar refractivity (Wildman–Crippen MR) is 81.4 cm³/mol. The van der Waals surface area contributed by atoms with Gasteiger partial charge in [0.15, 0.2) is 0 Å². The molecule has 0 fully saturated rings. The highest BCUT2D eigenvalue weighted by Crippen LogP contribution is 2.07. The van der Waals surface area contributed by atoms with Crippen LogP contribution in [0.3, 0.4) is 0 Å². The van der Waals surface area contributed by atoms with Crippen molar-refractivity contribution in [2.45, 2.75) is 20.4 Å². The summed E-state index contributed by atoms with van der Waals surface area (Å²) in [5.74, 6) is 0.222. The third kappa shape index (κ3) is 3.72. The van der Waals surface area contributed by atoms with Crippen molar-refractivity contribution in [1.29, 1.82) is 0 Å². The van der Waals surface area contributed by atoms with Gasteiger partial charge in [0.2, 0.25) is 0 Å². The average Bonchev–Trinajstić information content (AvgIpc) is 3.07. The van der Waals surface area contributed by atoms with E-state index >= 15 is 0 Å². The summed E-state index contributed by atoms with van der Waals surface area (Å²) in [5.41, 5.74) is 0.673. The Kier molecular flexibility index (Phi) is 5.30. The quantitative estimate of drug-likeness (QED) is 0.886. The molecule has 2 aromatic heterocycles. The van der Waals surface area contributed by atoms with Gasteiger partial charge in [0.1, 0.15) is 11.5 Å². The molecule has 0 saturated carbocycles. The summed E-state index contributed by atoms with van der Waals surface area (Å²) in [7, 11) is 0. The molecule has 0 aliphatic heterocycles. The van der Waals surface area contributed by atoms with Crippen LogP contribution in [-0.2, 0) is 6.54 Å². The minimum Gasteiger partial charge on any atom is -0.467 e. The fourth-order valence-electron chi connectivity index (χ4n) is 2.04. The van der Waals surface area contributed by atoms with Crippen LogP contribution in [0.2, 0.25) is 0 Å². The van der Waals surface area contributed by atoms with Gasteiger partial charge in [-0.3, -0.25) is 14.6 Å². The lowest BCUT2D eigenvalue weighted by Gasteiger charge is -2.18. The summed E-state index contributed by atoms with van der Waals surface area (Å²) < 4.78 is 5.15. The highest BCUT2D eigenvalue weighted by Gasteiger charge is 2.16. The number of nitrogens with zero attached hydrogens (tertiary/aromatic N) is 2. The zero-order valence-corrected chi connectivity index (χ0v) is 12.7. The van der Waals surface area contributed by atoms with E-state index in [1.807, 2.05) is 13.8 Å². The summed E-state index contributed by atoms with van der Waals surface area (Å²) in [4.78, 5) is 30.1. The summed E-state index contributed by atoms with van der Waals surface area (Å²) in [6.45, 7) is 5.31. The minimum absolute atomic E-state index is 0.175. The molecule has 116 valence electrons. The van der Waals surface area contributed by atoms with Gasteiger partial charge in [-0.05, 0) is 38.1 Å². The van der Waals surface area contributed by atoms with E-state index in [0.717, 1.165) is 0 Å². The fraction of sp³-hybridized carbons (Fsp3) is 0.312. The number of hydrogen-bond donors (Lipinski definition) is 1. The first-order valence-electron chi connectivity index (χ1n) is 7.21. The van der Waals surface area contributed by atoms with Gasteiger partial charge >= 0.3 is 0 Å². The molecule has 6 heteroatoms. The van der Waals surface area contributed by atoms with Crippen LogP contribution in [0.25, 0.3) is 0 Å². The smallest absolute Gasteiger partial charge is 0.272 e. The van der Waals surface area contributed by atoms with Gasteiger partial charge in [0, 0.05) is 24.8 Å². The van der Waals surface area contributed by atoms with E-state index < -0.39 is 0 Å². The third-order valence-corrected chi connectivity index (χ3v) is 3.30. The Labute approximate surface area is 129 Å². The van der Waals surface area contributed by atoms with Crippen LogP contribution >= 0.6 is 0 Å². The molecule has 0 bridgehead atoms. The number of hydrogen-bond acceptors (Lipinski definition) is 4. The number of rotatable bonds is 6. The van der Waals surface area contributed by atoms with E-state index in [0.29, 0.717) is 31.0 Å². The Morgan fingerprint density at radius 1 is 1.27 bits per heavy atom. The maximum atomic E-state index is 12.2. The Morgan fingerprint density at radius 3 is 2.68 bits per heavy atom. The molecule has 0 aliphatic carbocycles. The second kappa shape index (κ2) is 7.40. The first kappa shape index (κ1) is 15.8. The standard InChI is InChI=1S/C16H19N3O3/c1-3-19(4-2)16(21)14-10-12(7-8-17-14)15(20)18-11-13-6-5-9-22-13/h5-10H,3-4,11H2,1-2H3,(H,18,20). The molecule has 0 radical (unpaired) electrons. The van der Waals surface area contributed by atoms with Gasteiger partial charge in [-0.1, -0.05) is 0 Å². The van der Waals surface area contributed by atoms with Gasteiger partial charge < -0.3 is 14.6 Å². The number of pyridine rings is 1. The van der Waals surface area contributed by atoms with E-state index in [4.69, 9.17) is 4.42 Å². The van der Waals surface area contributed by atoms with Crippen molar-refractivity contribution in [1.82, 2.24) is 15.2 Å². The Bertz CT molecular complexity index is 634. The van der Waals surface area contributed by atoms with Crippen LogP contribution in [0.5, 0.6) is 0 Å². The molecule has 0 aliphatic rings. The van der Waals surface area contributed by atoms with Crippen molar-refractivity contribution in [3.63, 3.8) is 0 Å². The predicted octanol–water partition coefficient (Wildman–Crippen LogP) is 2.09. The fourth-order valence-corrected chi connectivity index (χ4v) is 2.04. The molecule has 0 aromatic carbocycles. The lowest BCUT2D eigenvalue weighted by molar-refractivity contribution is 0.0767. The zero-order valence-electron chi connectivity index (χ0n) is 12.7. The minimum atomic E-state index is -0.271. The van der Waals surface area contributed by atoms with Crippen molar-refractivity contribution in [3.05, 3.63) is 53.7 Å². The Morgan fingerprint density at radius 2 is 2.05 bits per heavy atom. The Hall–Kier alpha value is -2.63. The van der Waals surface area contributed by atoms with E-state index in [2.05, 4.69) is 10.3 Å². The van der Waals surface area contributed by atoms with Crippen LogP contribution in [0, 0.1) is 0 Å². The molecule has 6 nitrogen and oxygen atoms in total. The molecule has 2 rings (SSSR count). The number of aromatic nitrogens is 1. The van der Waals surface area contributed by atoms with Crippen molar-refractivity contribution >= 4 is 11.8 Å². The zero-order chi connectivity index (χ0) is 15.9. The van der Waals surface area contributed by atoms with Crippen LogP contribution in [0.15, 0.2) is 41.1 Å². The van der Waals surface area contributed by atoms with E-state index in [1.54, 1.807) is 29.4 Å². The number of nitrogens with one attached hydrogen (secondary N) is 1. The number of furan rings is 1. The summed E-state index contributed by atoms with van der Waals surface area (Å²) in [6.07, 6.45) is 3.02. The van der Waals surface area contributed by atoms with Crippen LogP contribution in [0.4, 0.5) is 0 Å². The molecule has 2 aromatic rings. The first-order chi connectivity index (χ1) is 10.7. The molecule has 0 unspecified atom stereocenters. The van der Waals surface area contributed by atoms with Crippen molar-refractivity contribution in [3.8, 4) is 0 Å². The van der Waals surface area contributed by atoms with Crippen LogP contribution in [-0.4, -0.2) is 34.8 Å². The molecule has 0 spiro atoms. The van der Waals surface area contributed by atoms with Crippen LogP contribution < -0.4 is 5.32 Å². The summed E-state index contributed by atoms with van der Waals surface area (Å²) >= 11 is 0. The molecule has 2 heterocycles. The highest BCUT2D eigenvalue weighted by molar-refractivity contribution is 5.98. The molecule has 1 N–H and O–H groups in total. The number of carbonyl (C=O) groups is 2. The van der Waals surface area contributed by atoms with E-state index in [1.165, 1.54) is 12.3 Å². The van der Waals surface area contributed by atoms with Crippen molar-refractivity contribution < 1.29 is 14.0 Å². The molecular formula is C16H19N3O3. The normalized spacial score (nSPS) is 10.3. The van der Waals surface area contributed by atoms with Gasteiger partial charge in [0.05, 0.1) is 12.8 Å². The SMILES string of the molecule is CCN(CC)C(=O)c1cc(C(=O)NCc2ccco2)ccn1.